The van der Waals surface area contributed by atoms with Gasteiger partial charge in [-0.1, -0.05) is 6.07 Å². The minimum absolute atomic E-state index is 0.146. The van der Waals surface area contributed by atoms with Gasteiger partial charge in [-0.2, -0.15) is 26.9 Å². The summed E-state index contributed by atoms with van der Waals surface area (Å²) < 4.78 is 63.3. The highest BCUT2D eigenvalue weighted by molar-refractivity contribution is 6.04. The fourth-order valence-electron chi connectivity index (χ4n) is 1.57. The van der Waals surface area contributed by atoms with E-state index in [2.05, 4.69) is 10.3 Å². The standard InChI is InChI=1S/C13H7F5N2O/c14-10-4-7(5-11(15)20-10)12(21)19-9-3-1-2-8(6-9)13(16,17)18/h1-6H,(H,19,21). The van der Waals surface area contributed by atoms with Crippen LogP contribution in [-0.4, -0.2) is 10.9 Å². The number of hydrogen-bond acceptors (Lipinski definition) is 2. The third-order valence-corrected chi connectivity index (χ3v) is 2.47. The molecule has 0 saturated heterocycles. The van der Waals surface area contributed by atoms with E-state index in [9.17, 15) is 26.7 Å². The summed E-state index contributed by atoms with van der Waals surface area (Å²) in [7, 11) is 0. The number of amides is 1. The first-order valence-corrected chi connectivity index (χ1v) is 5.57. The molecule has 110 valence electrons. The van der Waals surface area contributed by atoms with Crippen LogP contribution in [0.5, 0.6) is 0 Å². The number of halogens is 5. The number of pyridine rings is 1. The third kappa shape index (κ3) is 3.74. The number of nitrogens with zero attached hydrogens (tertiary/aromatic N) is 1. The summed E-state index contributed by atoms with van der Waals surface area (Å²) in [5.41, 5.74) is -1.49. The SMILES string of the molecule is O=C(Nc1cccc(C(F)(F)F)c1)c1cc(F)nc(F)c1. The molecule has 0 unspecified atom stereocenters. The molecule has 0 fully saturated rings. The molecule has 1 aromatic carbocycles. The summed E-state index contributed by atoms with van der Waals surface area (Å²) in [5.74, 6) is -3.36. The van der Waals surface area contributed by atoms with Crippen LogP contribution in [0.25, 0.3) is 0 Å². The van der Waals surface area contributed by atoms with Crippen molar-refractivity contribution in [3.8, 4) is 0 Å². The minimum Gasteiger partial charge on any atom is -0.322 e. The average Bonchev–Trinajstić information content (AvgIpc) is 2.37. The van der Waals surface area contributed by atoms with Crippen molar-refractivity contribution in [1.29, 1.82) is 0 Å². The van der Waals surface area contributed by atoms with Crippen LogP contribution in [-0.2, 0) is 6.18 Å². The Morgan fingerprint density at radius 2 is 1.67 bits per heavy atom. The smallest absolute Gasteiger partial charge is 0.322 e. The predicted molar refractivity (Wildman–Crippen MR) is 63.6 cm³/mol. The highest BCUT2D eigenvalue weighted by Gasteiger charge is 2.30. The van der Waals surface area contributed by atoms with Gasteiger partial charge in [0, 0.05) is 23.4 Å². The van der Waals surface area contributed by atoms with Crippen LogP contribution in [0.2, 0.25) is 0 Å². The number of alkyl halides is 3. The second-order valence-electron chi connectivity index (χ2n) is 4.03. The van der Waals surface area contributed by atoms with Crippen LogP contribution in [0, 0.1) is 11.9 Å². The molecule has 0 aliphatic heterocycles. The molecule has 8 heteroatoms. The van der Waals surface area contributed by atoms with Gasteiger partial charge in [0.15, 0.2) is 0 Å². The van der Waals surface area contributed by atoms with Crippen molar-refractivity contribution in [3.05, 3.63) is 59.4 Å². The first kappa shape index (κ1) is 14.9. The van der Waals surface area contributed by atoms with E-state index in [1.165, 1.54) is 6.07 Å². The van der Waals surface area contributed by atoms with Gasteiger partial charge in [0.25, 0.3) is 5.91 Å². The maximum Gasteiger partial charge on any atom is 0.416 e. The highest BCUT2D eigenvalue weighted by Crippen LogP contribution is 2.30. The average molecular weight is 302 g/mol. The Bertz CT molecular complexity index is 664. The number of aromatic nitrogens is 1. The van der Waals surface area contributed by atoms with E-state index in [-0.39, 0.29) is 5.69 Å². The second kappa shape index (κ2) is 5.47. The van der Waals surface area contributed by atoms with Crippen molar-refractivity contribution in [3.63, 3.8) is 0 Å². The zero-order valence-electron chi connectivity index (χ0n) is 10.2. The fourth-order valence-corrected chi connectivity index (χ4v) is 1.57. The van der Waals surface area contributed by atoms with Gasteiger partial charge in [0.1, 0.15) is 0 Å². The molecule has 21 heavy (non-hydrogen) atoms. The molecule has 2 aromatic rings. The topological polar surface area (TPSA) is 42.0 Å². The molecule has 2 rings (SSSR count). The molecule has 0 bridgehead atoms. The van der Waals surface area contributed by atoms with E-state index in [1.54, 1.807) is 0 Å². The van der Waals surface area contributed by atoms with Gasteiger partial charge in [-0.15, -0.1) is 0 Å². The van der Waals surface area contributed by atoms with Crippen LogP contribution >= 0.6 is 0 Å². The first-order valence-electron chi connectivity index (χ1n) is 5.57. The van der Waals surface area contributed by atoms with Gasteiger partial charge < -0.3 is 5.32 Å². The predicted octanol–water partition coefficient (Wildman–Crippen LogP) is 3.63. The summed E-state index contributed by atoms with van der Waals surface area (Å²) in [6, 6.07) is 5.22. The van der Waals surface area contributed by atoms with Gasteiger partial charge in [-0.05, 0) is 18.2 Å². The third-order valence-electron chi connectivity index (χ3n) is 2.47. The minimum atomic E-state index is -4.56. The van der Waals surface area contributed by atoms with Crippen molar-refractivity contribution in [2.45, 2.75) is 6.18 Å². The van der Waals surface area contributed by atoms with Crippen molar-refractivity contribution < 1.29 is 26.7 Å². The number of rotatable bonds is 2. The fraction of sp³-hybridized carbons (Fsp3) is 0.0769. The van der Waals surface area contributed by atoms with E-state index in [1.807, 2.05) is 0 Å². The molecule has 1 amide bonds. The monoisotopic (exact) mass is 302 g/mol. The lowest BCUT2D eigenvalue weighted by atomic mass is 10.2. The molecule has 0 aliphatic rings. The Morgan fingerprint density at radius 3 is 2.24 bits per heavy atom. The molecular weight excluding hydrogens is 295 g/mol. The summed E-state index contributed by atoms with van der Waals surface area (Å²) in [6.07, 6.45) is -4.56. The maximum atomic E-state index is 12.9. The molecule has 0 radical (unpaired) electrons. The van der Waals surface area contributed by atoms with Crippen LogP contribution in [0.15, 0.2) is 36.4 Å². The van der Waals surface area contributed by atoms with Gasteiger partial charge >= 0.3 is 6.18 Å². The van der Waals surface area contributed by atoms with Crippen LogP contribution in [0.1, 0.15) is 15.9 Å². The number of hydrogen-bond donors (Lipinski definition) is 1. The number of nitrogens with one attached hydrogen (secondary N) is 1. The van der Waals surface area contributed by atoms with Crippen molar-refractivity contribution in [1.82, 2.24) is 4.98 Å². The highest BCUT2D eigenvalue weighted by atomic mass is 19.4. The zero-order valence-corrected chi connectivity index (χ0v) is 10.2. The Balaban J connectivity index is 2.23. The van der Waals surface area contributed by atoms with Crippen molar-refractivity contribution in [2.24, 2.45) is 0 Å². The summed E-state index contributed by atoms with van der Waals surface area (Å²) in [5, 5.41) is 2.13. The van der Waals surface area contributed by atoms with E-state index in [0.717, 1.165) is 12.1 Å². The van der Waals surface area contributed by atoms with Gasteiger partial charge in [-0.25, -0.2) is 0 Å². The Morgan fingerprint density at radius 1 is 1.05 bits per heavy atom. The normalized spacial score (nSPS) is 11.3. The molecule has 0 atom stereocenters. The van der Waals surface area contributed by atoms with Gasteiger partial charge in [0.2, 0.25) is 11.9 Å². The first-order chi connectivity index (χ1) is 9.75. The lowest BCUT2D eigenvalue weighted by Gasteiger charge is -2.10. The van der Waals surface area contributed by atoms with Gasteiger partial charge in [0.05, 0.1) is 5.56 Å². The van der Waals surface area contributed by atoms with Crippen molar-refractivity contribution in [2.75, 3.05) is 5.32 Å². The number of anilines is 1. The van der Waals surface area contributed by atoms with Gasteiger partial charge in [-0.3, -0.25) is 4.79 Å². The lowest BCUT2D eigenvalue weighted by Crippen LogP contribution is -2.14. The summed E-state index contributed by atoms with van der Waals surface area (Å²) >= 11 is 0. The van der Waals surface area contributed by atoms with E-state index >= 15 is 0 Å². The second-order valence-corrected chi connectivity index (χ2v) is 4.03. The molecule has 1 aromatic heterocycles. The van der Waals surface area contributed by atoms with Crippen LogP contribution in [0.3, 0.4) is 0 Å². The van der Waals surface area contributed by atoms with E-state index < -0.39 is 35.1 Å². The van der Waals surface area contributed by atoms with E-state index in [4.69, 9.17) is 0 Å². The van der Waals surface area contributed by atoms with E-state index in [0.29, 0.717) is 18.2 Å². The Labute approximate surface area is 115 Å². The largest absolute Gasteiger partial charge is 0.416 e. The van der Waals surface area contributed by atoms with Crippen LogP contribution in [0.4, 0.5) is 27.6 Å². The molecule has 3 nitrogen and oxygen atoms in total. The number of benzene rings is 1. The van der Waals surface area contributed by atoms with Crippen LogP contribution < -0.4 is 5.32 Å². The molecule has 0 spiro atoms. The molecule has 0 aliphatic carbocycles. The summed E-state index contributed by atoms with van der Waals surface area (Å²) in [6.45, 7) is 0. The zero-order chi connectivity index (χ0) is 15.6. The molecule has 1 N–H and O–H groups in total. The Kier molecular flexibility index (Phi) is 3.88. The molecule has 0 saturated carbocycles. The lowest BCUT2D eigenvalue weighted by molar-refractivity contribution is -0.137. The summed E-state index contributed by atoms with van der Waals surface area (Å²) in [4.78, 5) is 14.5. The Hall–Kier alpha value is -2.51. The van der Waals surface area contributed by atoms with Crippen molar-refractivity contribution >= 4 is 11.6 Å². The number of carbonyl (C=O) groups is 1. The quantitative estimate of drug-likeness (QED) is 0.680. The number of carbonyl (C=O) groups excluding carboxylic acids is 1. The maximum absolute atomic E-state index is 12.9. The molecule has 1 heterocycles. The molecular formula is C13H7F5N2O.